The number of imidazole rings is 1. The van der Waals surface area contributed by atoms with Crippen molar-refractivity contribution >= 4 is 27.6 Å². The molecule has 0 unspecified atom stereocenters. The minimum absolute atomic E-state index is 0.139. The number of amides is 2. The van der Waals surface area contributed by atoms with Crippen molar-refractivity contribution in [2.75, 3.05) is 12.4 Å². The summed E-state index contributed by atoms with van der Waals surface area (Å²) in [4.78, 5) is 26.5. The van der Waals surface area contributed by atoms with E-state index >= 15 is 0 Å². The molecule has 1 aromatic rings. The van der Waals surface area contributed by atoms with E-state index in [1.54, 1.807) is 0 Å². The molecular weight excluding hydrogens is 264 g/mol. The minimum Gasteiger partial charge on any atom is -0.493 e. The zero-order valence-electron chi connectivity index (χ0n) is 9.20. The van der Waals surface area contributed by atoms with Gasteiger partial charge in [-0.05, 0) is 6.92 Å². The monoisotopic (exact) mass is 278 g/mol. The number of hydrogen-bond donors (Lipinski definition) is 5. The van der Waals surface area contributed by atoms with E-state index in [2.05, 4.69) is 20.6 Å². The van der Waals surface area contributed by atoms with Gasteiger partial charge in [0, 0.05) is 12.3 Å². The van der Waals surface area contributed by atoms with Crippen molar-refractivity contribution in [3.63, 3.8) is 0 Å². The lowest BCUT2D eigenvalue weighted by atomic mass is 10.5. The van der Waals surface area contributed by atoms with E-state index in [0.717, 1.165) is 0 Å². The van der Waals surface area contributed by atoms with Gasteiger partial charge in [-0.25, -0.2) is 9.59 Å². The summed E-state index contributed by atoms with van der Waals surface area (Å²) in [6.45, 7) is 2.43. The van der Waals surface area contributed by atoms with Gasteiger partial charge in [-0.15, -0.1) is 0 Å². The minimum atomic E-state index is -0.427. The highest BCUT2D eigenvalue weighted by Crippen LogP contribution is 2.26. The Kier molecular flexibility index (Phi) is 5.84. The van der Waals surface area contributed by atoms with Crippen molar-refractivity contribution in [1.82, 2.24) is 20.6 Å². The molecule has 2 amide bonds. The fourth-order valence-corrected chi connectivity index (χ4v) is 2.69. The topological polar surface area (TPSA) is 110 Å². The van der Waals surface area contributed by atoms with Crippen molar-refractivity contribution in [2.24, 2.45) is 0 Å². The second-order valence-electron chi connectivity index (χ2n) is 2.97. The van der Waals surface area contributed by atoms with E-state index in [-0.39, 0.29) is 11.9 Å². The van der Waals surface area contributed by atoms with E-state index in [9.17, 15) is 14.7 Å². The van der Waals surface area contributed by atoms with Crippen LogP contribution in [0.5, 0.6) is 5.88 Å². The van der Waals surface area contributed by atoms with Crippen LogP contribution >= 0.6 is 21.6 Å². The van der Waals surface area contributed by atoms with E-state index in [1.807, 2.05) is 6.92 Å². The number of aromatic amines is 2. The summed E-state index contributed by atoms with van der Waals surface area (Å²) in [6, 6.07) is -0.210. The highest BCUT2D eigenvalue weighted by Gasteiger charge is 2.05. The maximum Gasteiger partial charge on any atom is 0.325 e. The molecule has 1 rings (SSSR count). The molecule has 0 bridgehead atoms. The van der Waals surface area contributed by atoms with Crippen LogP contribution in [0, 0.1) is 0 Å². The van der Waals surface area contributed by atoms with E-state index in [4.69, 9.17) is 0 Å². The summed E-state index contributed by atoms with van der Waals surface area (Å²) in [5.74, 6) is 0.762. The summed E-state index contributed by atoms with van der Waals surface area (Å²) in [7, 11) is 2.84. The van der Waals surface area contributed by atoms with Gasteiger partial charge in [-0.2, -0.15) is 0 Å². The number of hydrogen-bond acceptors (Lipinski definition) is 5. The fraction of sp³-hybridized carbons (Fsp3) is 0.500. The van der Waals surface area contributed by atoms with Gasteiger partial charge in [0.25, 0.3) is 0 Å². The first-order chi connectivity index (χ1) is 8.13. The van der Waals surface area contributed by atoms with Crippen LogP contribution in [0.1, 0.15) is 12.6 Å². The van der Waals surface area contributed by atoms with E-state index in [0.29, 0.717) is 23.9 Å². The highest BCUT2D eigenvalue weighted by molar-refractivity contribution is 8.76. The third-order valence-electron chi connectivity index (χ3n) is 1.70. The van der Waals surface area contributed by atoms with Gasteiger partial charge in [-0.3, -0.25) is 4.98 Å². The molecule has 96 valence electrons. The van der Waals surface area contributed by atoms with Crippen LogP contribution in [0.25, 0.3) is 0 Å². The van der Waals surface area contributed by atoms with Gasteiger partial charge in [0.05, 0.1) is 11.6 Å². The first kappa shape index (κ1) is 13.8. The highest BCUT2D eigenvalue weighted by atomic mass is 33.1. The molecule has 5 N–H and O–H groups in total. The van der Waals surface area contributed by atoms with Crippen molar-refractivity contribution in [3.8, 4) is 5.88 Å². The molecule has 17 heavy (non-hydrogen) atoms. The standard InChI is InChI=1S/C8H14N4O3S2/c1-2-9-7(14)10-4-17-16-3-5-6(13)12-8(15)11-5/h13H,2-4H2,1H3,(H2,9,10,14)(H2,11,12,15). The Labute approximate surface area is 106 Å². The third kappa shape index (κ3) is 5.09. The molecule has 0 saturated carbocycles. The number of carbonyl (C=O) groups is 1. The van der Waals surface area contributed by atoms with Crippen molar-refractivity contribution in [1.29, 1.82) is 0 Å². The SMILES string of the molecule is CCNC(=O)NCSSCc1[nH]c(=O)[nH]c1O. The van der Waals surface area contributed by atoms with Gasteiger partial charge in [0.2, 0.25) is 5.88 Å². The van der Waals surface area contributed by atoms with Crippen LogP contribution in [0.3, 0.4) is 0 Å². The first-order valence-electron chi connectivity index (χ1n) is 4.89. The second kappa shape index (κ2) is 7.17. The molecule has 1 heterocycles. The lowest BCUT2D eigenvalue weighted by Crippen LogP contribution is -2.34. The molecule has 1 aromatic heterocycles. The zero-order chi connectivity index (χ0) is 12.7. The van der Waals surface area contributed by atoms with Crippen LogP contribution < -0.4 is 16.3 Å². The van der Waals surface area contributed by atoms with Gasteiger partial charge in [0.15, 0.2) is 0 Å². The Bertz CT molecular complexity index is 417. The molecule has 7 nitrogen and oxygen atoms in total. The van der Waals surface area contributed by atoms with Crippen LogP contribution in [0.2, 0.25) is 0 Å². The molecule has 9 heteroatoms. The molecule has 0 atom stereocenters. The number of H-pyrrole nitrogens is 2. The Balaban J connectivity index is 2.14. The Morgan fingerprint density at radius 1 is 1.35 bits per heavy atom. The van der Waals surface area contributed by atoms with Gasteiger partial charge >= 0.3 is 11.7 Å². The number of rotatable bonds is 6. The number of urea groups is 1. The molecule has 0 aliphatic rings. The average Bonchev–Trinajstić information content (AvgIpc) is 2.57. The van der Waals surface area contributed by atoms with Crippen molar-refractivity contribution in [3.05, 3.63) is 16.2 Å². The van der Waals surface area contributed by atoms with E-state index in [1.165, 1.54) is 21.6 Å². The lowest BCUT2D eigenvalue weighted by molar-refractivity contribution is 0.243. The van der Waals surface area contributed by atoms with Gasteiger partial charge < -0.3 is 20.7 Å². The molecule has 0 aliphatic heterocycles. The predicted octanol–water partition coefficient (Wildman–Crippen LogP) is 0.567. The fourth-order valence-electron chi connectivity index (χ4n) is 0.975. The Morgan fingerprint density at radius 3 is 2.71 bits per heavy atom. The quantitative estimate of drug-likeness (QED) is 0.297. The number of aromatic nitrogens is 2. The van der Waals surface area contributed by atoms with Crippen molar-refractivity contribution in [2.45, 2.75) is 12.7 Å². The van der Waals surface area contributed by atoms with Gasteiger partial charge in [-0.1, -0.05) is 21.6 Å². The van der Waals surface area contributed by atoms with Crippen LogP contribution in [0.15, 0.2) is 4.79 Å². The Hall–Kier alpha value is -1.22. The smallest absolute Gasteiger partial charge is 0.325 e. The molecule has 0 spiro atoms. The summed E-state index contributed by atoms with van der Waals surface area (Å²) >= 11 is 0. The molecule has 0 saturated heterocycles. The molecule has 0 aliphatic carbocycles. The maximum absolute atomic E-state index is 11.0. The molecule has 0 fully saturated rings. The third-order valence-corrected chi connectivity index (χ3v) is 3.74. The first-order valence-corrected chi connectivity index (χ1v) is 7.38. The number of carbonyl (C=O) groups excluding carboxylic acids is 1. The summed E-state index contributed by atoms with van der Waals surface area (Å²) < 4.78 is 0. The second-order valence-corrected chi connectivity index (χ2v) is 5.43. The van der Waals surface area contributed by atoms with Crippen molar-refractivity contribution < 1.29 is 9.90 Å². The molecule has 0 radical (unpaired) electrons. The molecular formula is C8H14N4O3S2. The summed E-state index contributed by atoms with van der Waals surface area (Å²) in [5, 5.41) is 14.5. The molecule has 0 aromatic carbocycles. The lowest BCUT2D eigenvalue weighted by Gasteiger charge is -2.04. The summed E-state index contributed by atoms with van der Waals surface area (Å²) in [6.07, 6.45) is 0. The number of nitrogens with one attached hydrogen (secondary N) is 4. The zero-order valence-corrected chi connectivity index (χ0v) is 10.8. The number of aromatic hydroxyl groups is 1. The Morgan fingerprint density at radius 2 is 2.12 bits per heavy atom. The average molecular weight is 278 g/mol. The van der Waals surface area contributed by atoms with Crippen LogP contribution in [-0.4, -0.2) is 33.5 Å². The van der Waals surface area contributed by atoms with E-state index < -0.39 is 5.69 Å². The van der Waals surface area contributed by atoms with Crippen LogP contribution in [0.4, 0.5) is 4.79 Å². The predicted molar refractivity (Wildman–Crippen MR) is 69.0 cm³/mol. The normalized spacial score (nSPS) is 10.2. The largest absolute Gasteiger partial charge is 0.493 e. The maximum atomic E-state index is 11.0. The van der Waals surface area contributed by atoms with Crippen LogP contribution in [-0.2, 0) is 5.75 Å². The van der Waals surface area contributed by atoms with Gasteiger partial charge in [0.1, 0.15) is 0 Å². The summed E-state index contributed by atoms with van der Waals surface area (Å²) in [5.41, 5.74) is 0.0223.